The van der Waals surface area contributed by atoms with E-state index in [1.54, 1.807) is 0 Å². The van der Waals surface area contributed by atoms with Gasteiger partial charge in [0.1, 0.15) is 17.9 Å². The lowest BCUT2D eigenvalue weighted by molar-refractivity contribution is -0.393. The van der Waals surface area contributed by atoms with E-state index in [1.807, 2.05) is 11.8 Å². The van der Waals surface area contributed by atoms with Crippen LogP contribution in [-0.4, -0.2) is 42.1 Å². The van der Waals surface area contributed by atoms with Crippen LogP contribution in [0.5, 0.6) is 0 Å². The molecule has 0 radical (unpaired) electrons. The van der Waals surface area contributed by atoms with Gasteiger partial charge in [-0.1, -0.05) is 19.3 Å². The maximum Gasteiger partial charge on any atom is 0.325 e. The van der Waals surface area contributed by atoms with Gasteiger partial charge >= 0.3 is 5.97 Å². The zero-order valence-electron chi connectivity index (χ0n) is 15.5. The molecular weight excluding hydrogens is 356 g/mol. The van der Waals surface area contributed by atoms with Crippen LogP contribution in [0.25, 0.3) is 0 Å². The Morgan fingerprint density at radius 2 is 1.81 bits per heavy atom. The zero-order chi connectivity index (χ0) is 20.0. The average Bonchev–Trinajstić information content (AvgIpc) is 2.67. The number of esters is 1. The topological polar surface area (TPSA) is 128 Å². The Morgan fingerprint density at radius 3 is 2.33 bits per heavy atom. The molecule has 1 aromatic rings. The minimum absolute atomic E-state index is 0.0558. The fourth-order valence-corrected chi connectivity index (χ4v) is 3.49. The summed E-state index contributed by atoms with van der Waals surface area (Å²) in [7, 11) is 1.21. The largest absolute Gasteiger partial charge is 0.468 e. The molecule has 0 amide bonds. The van der Waals surface area contributed by atoms with Crippen molar-refractivity contribution in [2.45, 2.75) is 45.1 Å². The normalized spacial score (nSPS) is 14.4. The van der Waals surface area contributed by atoms with Crippen molar-refractivity contribution in [2.75, 3.05) is 30.4 Å². The minimum atomic E-state index is -0.701. The molecule has 0 spiro atoms. The number of hydrogen-bond acceptors (Lipinski definition) is 8. The van der Waals surface area contributed by atoms with Gasteiger partial charge in [-0.2, -0.15) is 0 Å². The van der Waals surface area contributed by atoms with Gasteiger partial charge in [0.25, 0.3) is 11.4 Å². The molecule has 1 saturated carbocycles. The molecule has 0 aromatic heterocycles. The number of carbonyl (C=O) groups excluding carboxylic acids is 1. The molecule has 1 N–H and O–H groups in total. The minimum Gasteiger partial charge on any atom is -0.468 e. The second kappa shape index (κ2) is 9.15. The van der Waals surface area contributed by atoms with E-state index >= 15 is 0 Å². The first-order valence-electron chi connectivity index (χ1n) is 8.93. The van der Waals surface area contributed by atoms with E-state index in [0.29, 0.717) is 12.2 Å². The van der Waals surface area contributed by atoms with Crippen molar-refractivity contribution in [1.82, 2.24) is 0 Å². The van der Waals surface area contributed by atoms with Gasteiger partial charge < -0.3 is 15.0 Å². The summed E-state index contributed by atoms with van der Waals surface area (Å²) in [5, 5.41) is 25.6. The van der Waals surface area contributed by atoms with Gasteiger partial charge in [0, 0.05) is 12.6 Å². The first-order chi connectivity index (χ1) is 12.9. The summed E-state index contributed by atoms with van der Waals surface area (Å²) >= 11 is 0. The molecule has 0 bridgehead atoms. The van der Waals surface area contributed by atoms with Crippen molar-refractivity contribution in [1.29, 1.82) is 0 Å². The van der Waals surface area contributed by atoms with Crippen LogP contribution >= 0.6 is 0 Å². The van der Waals surface area contributed by atoms with E-state index < -0.39 is 21.5 Å². The third kappa shape index (κ3) is 4.83. The smallest absolute Gasteiger partial charge is 0.325 e. The predicted molar refractivity (Wildman–Crippen MR) is 100 cm³/mol. The highest BCUT2D eigenvalue weighted by Gasteiger charge is 2.30. The number of anilines is 2. The first kappa shape index (κ1) is 20.4. The van der Waals surface area contributed by atoms with Crippen molar-refractivity contribution < 1.29 is 19.4 Å². The van der Waals surface area contributed by atoms with Gasteiger partial charge in [-0.05, 0) is 25.8 Å². The van der Waals surface area contributed by atoms with E-state index in [2.05, 4.69) is 10.1 Å². The van der Waals surface area contributed by atoms with Gasteiger partial charge in [0.05, 0.1) is 23.0 Å². The number of nitro groups is 2. The molecule has 0 aliphatic heterocycles. The van der Waals surface area contributed by atoms with E-state index in [9.17, 15) is 25.0 Å². The van der Waals surface area contributed by atoms with Crippen LogP contribution in [0, 0.1) is 20.2 Å². The number of benzene rings is 1. The summed E-state index contributed by atoms with van der Waals surface area (Å²) in [6.07, 6.45) is 5.09. The Kier molecular flexibility index (Phi) is 6.91. The Balaban J connectivity index is 2.50. The Hall–Kier alpha value is -2.91. The predicted octanol–water partition coefficient (Wildman–Crippen LogP) is 3.25. The summed E-state index contributed by atoms with van der Waals surface area (Å²) in [6, 6.07) is 2.51. The second-order valence-electron chi connectivity index (χ2n) is 6.38. The summed E-state index contributed by atoms with van der Waals surface area (Å²) in [6.45, 7) is 2.17. The van der Waals surface area contributed by atoms with E-state index in [1.165, 1.54) is 13.2 Å². The lowest BCUT2D eigenvalue weighted by Gasteiger charge is -2.35. The summed E-state index contributed by atoms with van der Waals surface area (Å²) in [5.74, 6) is -0.594. The molecule has 1 aliphatic rings. The molecule has 1 aromatic carbocycles. The zero-order valence-corrected chi connectivity index (χ0v) is 15.5. The van der Waals surface area contributed by atoms with Crippen LogP contribution in [0.4, 0.5) is 22.7 Å². The highest BCUT2D eigenvalue weighted by molar-refractivity contribution is 5.81. The molecule has 2 rings (SSSR count). The average molecular weight is 380 g/mol. The highest BCUT2D eigenvalue weighted by atomic mass is 16.6. The standard InChI is InChI=1S/C17H24N4O6/c1-3-19(12-7-5-4-6-8-12)15-9-13(18-11-17(22)27-2)14(20(23)24)10-16(15)21(25)26/h9-10,12,18H,3-8,11H2,1-2H3. The van der Waals surface area contributed by atoms with Crippen molar-refractivity contribution in [3.05, 3.63) is 32.4 Å². The molecule has 27 heavy (non-hydrogen) atoms. The van der Waals surface area contributed by atoms with Gasteiger partial charge in [0.15, 0.2) is 0 Å². The van der Waals surface area contributed by atoms with Crippen LogP contribution in [0.1, 0.15) is 39.0 Å². The van der Waals surface area contributed by atoms with Crippen LogP contribution in [0.2, 0.25) is 0 Å². The van der Waals surface area contributed by atoms with Crippen LogP contribution in [0.15, 0.2) is 12.1 Å². The number of ether oxygens (including phenoxy) is 1. The van der Waals surface area contributed by atoms with Gasteiger partial charge in [0.2, 0.25) is 0 Å². The Morgan fingerprint density at radius 1 is 1.19 bits per heavy atom. The molecular formula is C17H24N4O6. The van der Waals surface area contributed by atoms with Gasteiger partial charge in [-0.3, -0.25) is 25.0 Å². The molecule has 0 heterocycles. The van der Waals surface area contributed by atoms with Crippen molar-refractivity contribution in [3.8, 4) is 0 Å². The Bertz CT molecular complexity index is 718. The summed E-state index contributed by atoms with van der Waals surface area (Å²) in [4.78, 5) is 35.0. The fraction of sp³-hybridized carbons (Fsp3) is 0.588. The number of rotatable bonds is 8. The lowest BCUT2D eigenvalue weighted by atomic mass is 9.93. The van der Waals surface area contributed by atoms with Crippen molar-refractivity contribution in [3.63, 3.8) is 0 Å². The third-order valence-electron chi connectivity index (χ3n) is 4.80. The quantitative estimate of drug-likeness (QED) is 0.413. The molecule has 0 saturated heterocycles. The maximum atomic E-state index is 11.6. The van der Waals surface area contributed by atoms with Crippen molar-refractivity contribution in [2.24, 2.45) is 0 Å². The van der Waals surface area contributed by atoms with E-state index in [4.69, 9.17) is 0 Å². The van der Waals surface area contributed by atoms with Crippen LogP contribution in [-0.2, 0) is 9.53 Å². The van der Waals surface area contributed by atoms with Gasteiger partial charge in [-0.25, -0.2) is 0 Å². The maximum absolute atomic E-state index is 11.6. The lowest BCUT2D eigenvalue weighted by Crippen LogP contribution is -2.37. The molecule has 0 unspecified atom stereocenters. The number of nitrogens with zero attached hydrogens (tertiary/aromatic N) is 3. The molecule has 10 nitrogen and oxygen atoms in total. The number of carbonyl (C=O) groups is 1. The number of nitro benzene ring substituents is 2. The molecule has 1 fully saturated rings. The van der Waals surface area contributed by atoms with E-state index in [-0.39, 0.29) is 24.0 Å². The molecule has 1 aliphatic carbocycles. The summed E-state index contributed by atoms with van der Waals surface area (Å²) in [5.41, 5.74) is -0.376. The van der Waals surface area contributed by atoms with Crippen LogP contribution < -0.4 is 10.2 Å². The van der Waals surface area contributed by atoms with Crippen molar-refractivity contribution >= 4 is 28.7 Å². The first-order valence-corrected chi connectivity index (χ1v) is 8.93. The molecule has 10 heteroatoms. The second-order valence-corrected chi connectivity index (χ2v) is 6.38. The monoisotopic (exact) mass is 380 g/mol. The third-order valence-corrected chi connectivity index (χ3v) is 4.80. The highest BCUT2D eigenvalue weighted by Crippen LogP contribution is 2.40. The Labute approximate surface area is 156 Å². The molecule has 148 valence electrons. The SMILES string of the molecule is CCN(c1cc(NCC(=O)OC)c([N+](=O)[O-])cc1[N+](=O)[O-])C1CCCCC1. The summed E-state index contributed by atoms with van der Waals surface area (Å²) < 4.78 is 4.54. The number of hydrogen-bond donors (Lipinski definition) is 1. The number of nitrogens with one attached hydrogen (secondary N) is 1. The molecule has 0 atom stereocenters. The van der Waals surface area contributed by atoms with Crippen LogP contribution in [0.3, 0.4) is 0 Å². The van der Waals surface area contributed by atoms with E-state index in [0.717, 1.165) is 38.2 Å². The fourth-order valence-electron chi connectivity index (χ4n) is 3.49. The van der Waals surface area contributed by atoms with Gasteiger partial charge in [-0.15, -0.1) is 0 Å². The number of methoxy groups -OCH3 is 1.